The molecular weight excluding hydrogens is 319 g/mol. The zero-order chi connectivity index (χ0) is 11.5. The summed E-state index contributed by atoms with van der Waals surface area (Å²) in [6.07, 6.45) is 3.14. The molecule has 0 aliphatic heterocycles. The lowest BCUT2D eigenvalue weighted by Crippen LogP contribution is -1.95. The fourth-order valence-corrected chi connectivity index (χ4v) is 1.60. The Balaban J connectivity index is 2.27. The molecule has 0 aliphatic carbocycles. The molecule has 0 aromatic carbocycles. The summed E-state index contributed by atoms with van der Waals surface area (Å²) in [5.41, 5.74) is 0. The normalized spacial score (nSPS) is 10.2. The van der Waals surface area contributed by atoms with Crippen LogP contribution >= 0.6 is 39.1 Å². The van der Waals surface area contributed by atoms with Crippen LogP contribution in [0.2, 0.25) is 10.6 Å². The van der Waals surface area contributed by atoms with Gasteiger partial charge in [-0.1, -0.05) is 0 Å². The summed E-state index contributed by atoms with van der Waals surface area (Å²) in [5.74, 6) is 0.465. The molecule has 5 nitrogen and oxygen atoms in total. The van der Waals surface area contributed by atoms with Crippen molar-refractivity contribution in [3.63, 3.8) is 0 Å². The van der Waals surface area contributed by atoms with Crippen LogP contribution in [0.5, 0.6) is 11.8 Å². The van der Waals surface area contributed by atoms with E-state index in [0.29, 0.717) is 5.75 Å². The van der Waals surface area contributed by atoms with Crippen molar-refractivity contribution in [3.05, 3.63) is 33.5 Å². The van der Waals surface area contributed by atoms with Gasteiger partial charge in [-0.15, -0.1) is 0 Å². The average molecular weight is 322 g/mol. The molecule has 0 N–H and O–H groups in total. The number of halogens is 3. The molecule has 0 aliphatic rings. The Morgan fingerprint density at radius 2 is 1.75 bits per heavy atom. The van der Waals surface area contributed by atoms with Crippen molar-refractivity contribution in [2.24, 2.45) is 0 Å². The molecule has 0 unspecified atom stereocenters. The van der Waals surface area contributed by atoms with Crippen LogP contribution in [0.3, 0.4) is 0 Å². The number of pyridine rings is 1. The Kier molecular flexibility index (Phi) is 3.52. The zero-order valence-corrected chi connectivity index (χ0v) is 10.7. The SMILES string of the molecule is Clc1nc(Cl)nc(Oc2cncc(Br)c2)n1. The molecule has 2 heterocycles. The van der Waals surface area contributed by atoms with Crippen molar-refractivity contribution < 1.29 is 4.74 Å². The summed E-state index contributed by atoms with van der Waals surface area (Å²) in [6.45, 7) is 0. The van der Waals surface area contributed by atoms with E-state index in [0.717, 1.165) is 4.47 Å². The number of nitrogens with zero attached hydrogens (tertiary/aromatic N) is 4. The molecular formula is C8H3BrCl2N4O. The van der Waals surface area contributed by atoms with Crippen molar-refractivity contribution in [3.8, 4) is 11.8 Å². The monoisotopic (exact) mass is 320 g/mol. The molecule has 2 aromatic heterocycles. The Bertz CT molecular complexity index is 505. The van der Waals surface area contributed by atoms with Gasteiger partial charge in [0.25, 0.3) is 0 Å². The van der Waals surface area contributed by atoms with E-state index in [2.05, 4.69) is 35.9 Å². The van der Waals surface area contributed by atoms with Crippen LogP contribution in [0.15, 0.2) is 22.9 Å². The van der Waals surface area contributed by atoms with Crippen LogP contribution in [0.4, 0.5) is 0 Å². The van der Waals surface area contributed by atoms with Gasteiger partial charge in [0, 0.05) is 10.7 Å². The predicted molar refractivity (Wildman–Crippen MR) is 61.9 cm³/mol. The first-order valence-corrected chi connectivity index (χ1v) is 5.54. The van der Waals surface area contributed by atoms with Crippen LogP contribution in [0.25, 0.3) is 0 Å². The summed E-state index contributed by atoms with van der Waals surface area (Å²) in [4.78, 5) is 15.0. The van der Waals surface area contributed by atoms with Gasteiger partial charge in [-0.05, 0) is 45.2 Å². The highest BCUT2D eigenvalue weighted by atomic mass is 79.9. The van der Waals surface area contributed by atoms with Crippen LogP contribution in [0, 0.1) is 0 Å². The number of hydrogen-bond donors (Lipinski definition) is 0. The highest BCUT2D eigenvalue weighted by Gasteiger charge is 2.06. The molecule has 0 saturated heterocycles. The van der Waals surface area contributed by atoms with Crippen LogP contribution in [0.1, 0.15) is 0 Å². The lowest BCUT2D eigenvalue weighted by atomic mass is 10.5. The van der Waals surface area contributed by atoms with Gasteiger partial charge in [-0.25, -0.2) is 0 Å². The third-order valence-corrected chi connectivity index (χ3v) is 2.22. The van der Waals surface area contributed by atoms with Crippen LogP contribution < -0.4 is 4.74 Å². The molecule has 2 rings (SSSR count). The van der Waals surface area contributed by atoms with E-state index >= 15 is 0 Å². The van der Waals surface area contributed by atoms with Gasteiger partial charge < -0.3 is 4.74 Å². The molecule has 0 bridgehead atoms. The molecule has 0 amide bonds. The lowest BCUT2D eigenvalue weighted by Gasteiger charge is -2.03. The molecule has 82 valence electrons. The molecule has 0 radical (unpaired) electrons. The van der Waals surface area contributed by atoms with Crippen molar-refractivity contribution >= 4 is 39.1 Å². The minimum absolute atomic E-state index is 0.0184. The second kappa shape index (κ2) is 4.90. The Morgan fingerprint density at radius 3 is 2.38 bits per heavy atom. The summed E-state index contributed by atoms with van der Waals surface area (Å²) in [7, 11) is 0. The number of hydrogen-bond acceptors (Lipinski definition) is 5. The molecule has 0 atom stereocenters. The molecule has 8 heteroatoms. The first-order chi connectivity index (χ1) is 7.63. The van der Waals surface area contributed by atoms with Gasteiger partial charge >= 0.3 is 6.01 Å². The molecule has 0 saturated carbocycles. The quantitative estimate of drug-likeness (QED) is 0.850. The summed E-state index contributed by atoms with van der Waals surface area (Å²) in [6, 6.07) is 1.73. The highest BCUT2D eigenvalue weighted by molar-refractivity contribution is 9.10. The second-order valence-electron chi connectivity index (χ2n) is 2.60. The third kappa shape index (κ3) is 3.01. The predicted octanol–water partition coefficient (Wildman–Crippen LogP) is 3.13. The van der Waals surface area contributed by atoms with Crippen molar-refractivity contribution in [2.75, 3.05) is 0 Å². The van der Waals surface area contributed by atoms with Gasteiger partial charge in [0.15, 0.2) is 5.75 Å². The van der Waals surface area contributed by atoms with Crippen molar-refractivity contribution in [2.45, 2.75) is 0 Å². The standard InChI is InChI=1S/C8H3BrCl2N4O/c9-4-1-5(3-12-2-4)16-8-14-6(10)13-7(11)15-8/h1-3H. The van der Waals surface area contributed by atoms with E-state index in [1.807, 2.05) is 0 Å². The molecule has 2 aromatic rings. The number of ether oxygens (including phenoxy) is 1. The van der Waals surface area contributed by atoms with E-state index < -0.39 is 0 Å². The smallest absolute Gasteiger partial charge is 0.327 e. The van der Waals surface area contributed by atoms with Crippen LogP contribution in [-0.2, 0) is 0 Å². The fraction of sp³-hybridized carbons (Fsp3) is 0. The van der Waals surface area contributed by atoms with Gasteiger partial charge in [-0.3, -0.25) is 4.98 Å². The van der Waals surface area contributed by atoms with Gasteiger partial charge in [0.05, 0.1) is 6.20 Å². The van der Waals surface area contributed by atoms with Gasteiger partial charge in [-0.2, -0.15) is 15.0 Å². The topological polar surface area (TPSA) is 60.8 Å². The minimum Gasteiger partial charge on any atom is -0.422 e. The third-order valence-electron chi connectivity index (χ3n) is 1.45. The van der Waals surface area contributed by atoms with E-state index in [-0.39, 0.29) is 16.6 Å². The molecule has 0 spiro atoms. The Hall–Kier alpha value is -0.980. The first kappa shape index (κ1) is 11.5. The number of aromatic nitrogens is 4. The van der Waals surface area contributed by atoms with E-state index in [4.69, 9.17) is 27.9 Å². The Morgan fingerprint density at radius 1 is 1.06 bits per heavy atom. The summed E-state index contributed by atoms with van der Waals surface area (Å²) in [5, 5.41) is -0.0593. The summed E-state index contributed by atoms with van der Waals surface area (Å²) < 4.78 is 6.07. The average Bonchev–Trinajstić information content (AvgIpc) is 2.15. The molecule has 0 fully saturated rings. The van der Waals surface area contributed by atoms with Crippen LogP contribution in [-0.4, -0.2) is 19.9 Å². The minimum atomic E-state index is -0.0297. The van der Waals surface area contributed by atoms with E-state index in [9.17, 15) is 0 Å². The molecule has 16 heavy (non-hydrogen) atoms. The van der Waals surface area contributed by atoms with E-state index in [1.54, 1.807) is 12.3 Å². The maximum Gasteiger partial charge on any atom is 0.327 e. The van der Waals surface area contributed by atoms with Gasteiger partial charge in [0.1, 0.15) is 0 Å². The largest absolute Gasteiger partial charge is 0.422 e. The first-order valence-electron chi connectivity index (χ1n) is 3.99. The van der Waals surface area contributed by atoms with Crippen molar-refractivity contribution in [1.82, 2.24) is 19.9 Å². The van der Waals surface area contributed by atoms with Gasteiger partial charge in [0.2, 0.25) is 10.6 Å². The van der Waals surface area contributed by atoms with Crippen molar-refractivity contribution in [1.29, 1.82) is 0 Å². The maximum atomic E-state index is 5.60. The fourth-order valence-electron chi connectivity index (χ4n) is 0.908. The number of rotatable bonds is 2. The Labute approximate surface area is 109 Å². The second-order valence-corrected chi connectivity index (χ2v) is 4.19. The summed E-state index contributed by atoms with van der Waals surface area (Å²) >= 11 is 14.4. The van der Waals surface area contributed by atoms with E-state index in [1.165, 1.54) is 6.20 Å². The highest BCUT2D eigenvalue weighted by Crippen LogP contribution is 2.21. The maximum absolute atomic E-state index is 5.60. The lowest BCUT2D eigenvalue weighted by molar-refractivity contribution is 0.437. The zero-order valence-electron chi connectivity index (χ0n) is 7.56.